The average Bonchev–Trinajstić information content (AvgIpc) is 2.66. The number of carboxylic acid groups (broad SMARTS) is 1. The van der Waals surface area contributed by atoms with Crippen LogP contribution in [-0.2, 0) is 11.3 Å². The molecule has 1 aromatic rings. The Morgan fingerprint density at radius 1 is 1.59 bits per heavy atom. The number of hydrogen-bond donors (Lipinski definition) is 2. The molecule has 0 aliphatic carbocycles. The van der Waals surface area contributed by atoms with Crippen molar-refractivity contribution >= 4 is 5.97 Å². The van der Waals surface area contributed by atoms with Gasteiger partial charge in [0.15, 0.2) is 0 Å². The number of nitrogens with one attached hydrogen (secondary N) is 1. The predicted molar refractivity (Wildman–Crippen MR) is 65.7 cm³/mol. The molecule has 0 aliphatic rings. The van der Waals surface area contributed by atoms with Crippen LogP contribution in [0.25, 0.3) is 0 Å². The molecule has 1 unspecified atom stereocenters. The van der Waals surface area contributed by atoms with Gasteiger partial charge >= 0.3 is 5.97 Å². The molecule has 2 N–H and O–H groups in total. The molecule has 5 heteroatoms. The van der Waals surface area contributed by atoms with E-state index in [4.69, 9.17) is 5.11 Å². The van der Waals surface area contributed by atoms with Gasteiger partial charge in [0.2, 0.25) is 0 Å². The summed E-state index contributed by atoms with van der Waals surface area (Å²) in [5.74, 6) is 0.537. The van der Waals surface area contributed by atoms with E-state index in [1.165, 1.54) is 0 Å². The maximum absolute atomic E-state index is 11.1. The summed E-state index contributed by atoms with van der Waals surface area (Å²) in [7, 11) is 0. The van der Waals surface area contributed by atoms with E-state index in [1.807, 2.05) is 6.92 Å². The Morgan fingerprint density at radius 2 is 2.29 bits per heavy atom. The van der Waals surface area contributed by atoms with E-state index >= 15 is 0 Å². The number of aromatic nitrogens is 2. The third-order valence-electron chi connectivity index (χ3n) is 2.59. The Hall–Kier alpha value is -1.36. The quantitative estimate of drug-likeness (QED) is 0.759. The minimum absolute atomic E-state index is 0.520. The topological polar surface area (TPSA) is 67.1 Å². The van der Waals surface area contributed by atoms with Crippen molar-refractivity contribution in [1.82, 2.24) is 14.9 Å². The summed E-state index contributed by atoms with van der Waals surface area (Å²) in [5.41, 5.74) is 0. The summed E-state index contributed by atoms with van der Waals surface area (Å²) in [6.45, 7) is 7.63. The molecule has 0 saturated heterocycles. The number of rotatable bonds is 7. The molecule has 1 rings (SSSR count). The first-order valence-corrected chi connectivity index (χ1v) is 6.01. The maximum Gasteiger partial charge on any atom is 0.326 e. The van der Waals surface area contributed by atoms with Crippen LogP contribution in [0.1, 0.15) is 39.1 Å². The van der Waals surface area contributed by atoms with Crippen LogP contribution in [0.3, 0.4) is 0 Å². The van der Waals surface area contributed by atoms with E-state index in [2.05, 4.69) is 24.1 Å². The zero-order valence-corrected chi connectivity index (χ0v) is 10.7. The molecule has 0 fully saturated rings. The number of hydrogen-bond acceptors (Lipinski definition) is 3. The second kappa shape index (κ2) is 6.39. The molecule has 0 amide bonds. The van der Waals surface area contributed by atoms with E-state index in [0.29, 0.717) is 18.9 Å². The van der Waals surface area contributed by atoms with Gasteiger partial charge in [-0.05, 0) is 18.9 Å². The van der Waals surface area contributed by atoms with E-state index in [1.54, 1.807) is 17.0 Å². The second-order valence-corrected chi connectivity index (χ2v) is 4.54. The smallest absolute Gasteiger partial charge is 0.326 e. The fourth-order valence-corrected chi connectivity index (χ4v) is 1.73. The van der Waals surface area contributed by atoms with Gasteiger partial charge in [-0.15, -0.1) is 0 Å². The van der Waals surface area contributed by atoms with E-state index in [9.17, 15) is 4.79 Å². The minimum atomic E-state index is -0.810. The van der Waals surface area contributed by atoms with Gasteiger partial charge in [-0.25, -0.2) is 9.78 Å². The monoisotopic (exact) mass is 239 g/mol. The molecule has 96 valence electrons. The highest BCUT2D eigenvalue weighted by Gasteiger charge is 2.19. The van der Waals surface area contributed by atoms with Crippen molar-refractivity contribution in [2.24, 2.45) is 5.92 Å². The van der Waals surface area contributed by atoms with Crippen molar-refractivity contribution in [3.63, 3.8) is 0 Å². The van der Waals surface area contributed by atoms with Gasteiger partial charge in [-0.3, -0.25) is 0 Å². The molecule has 0 saturated carbocycles. The summed E-state index contributed by atoms with van der Waals surface area (Å²) in [6, 6.07) is -0.520. The zero-order valence-electron chi connectivity index (χ0n) is 10.7. The van der Waals surface area contributed by atoms with Crippen LogP contribution in [0.15, 0.2) is 12.4 Å². The van der Waals surface area contributed by atoms with E-state index in [-0.39, 0.29) is 0 Å². The fraction of sp³-hybridized carbons (Fsp3) is 0.667. The van der Waals surface area contributed by atoms with Gasteiger partial charge in [-0.2, -0.15) is 0 Å². The molecule has 1 atom stereocenters. The molecule has 0 aromatic carbocycles. The summed E-state index contributed by atoms with van der Waals surface area (Å²) >= 11 is 0. The Bertz CT molecular complexity index is 360. The molecular formula is C12H21N3O2. The lowest BCUT2D eigenvalue weighted by Gasteiger charge is -2.15. The molecule has 0 bridgehead atoms. The first kappa shape index (κ1) is 13.7. The van der Waals surface area contributed by atoms with Crippen LogP contribution >= 0.6 is 0 Å². The Morgan fingerprint density at radius 3 is 2.82 bits per heavy atom. The summed E-state index contributed by atoms with van der Waals surface area (Å²) in [5, 5.41) is 12.4. The van der Waals surface area contributed by atoms with Gasteiger partial charge < -0.3 is 15.0 Å². The van der Waals surface area contributed by atoms with Gasteiger partial charge in [0, 0.05) is 12.4 Å². The second-order valence-electron chi connectivity index (χ2n) is 4.54. The van der Waals surface area contributed by atoms with Crippen LogP contribution in [0.5, 0.6) is 0 Å². The molecule has 5 nitrogen and oxygen atoms in total. The lowest BCUT2D eigenvalue weighted by Crippen LogP contribution is -2.25. The number of nitrogens with zero attached hydrogens (tertiary/aromatic N) is 2. The molecule has 1 heterocycles. The largest absolute Gasteiger partial charge is 0.480 e. The highest BCUT2D eigenvalue weighted by Crippen LogP contribution is 2.14. The summed E-state index contributed by atoms with van der Waals surface area (Å²) in [4.78, 5) is 15.3. The van der Waals surface area contributed by atoms with Gasteiger partial charge in [-0.1, -0.05) is 20.8 Å². The molecule has 0 aliphatic heterocycles. The predicted octanol–water partition coefficient (Wildman–Crippen LogP) is 1.66. The minimum Gasteiger partial charge on any atom is -0.480 e. The normalized spacial score (nSPS) is 12.9. The van der Waals surface area contributed by atoms with Crippen LogP contribution in [-0.4, -0.2) is 27.2 Å². The van der Waals surface area contributed by atoms with Gasteiger partial charge in [0.1, 0.15) is 11.9 Å². The summed E-state index contributed by atoms with van der Waals surface area (Å²) in [6.07, 6.45) is 3.94. The first-order chi connectivity index (χ1) is 8.06. The van der Waals surface area contributed by atoms with Gasteiger partial charge in [0.05, 0.1) is 6.54 Å². The highest BCUT2D eigenvalue weighted by molar-refractivity contribution is 5.71. The van der Waals surface area contributed by atoms with Crippen molar-refractivity contribution in [2.45, 2.75) is 39.8 Å². The van der Waals surface area contributed by atoms with Crippen molar-refractivity contribution in [2.75, 3.05) is 6.54 Å². The summed E-state index contributed by atoms with van der Waals surface area (Å²) < 4.78 is 1.73. The first-order valence-electron chi connectivity index (χ1n) is 6.01. The highest BCUT2D eigenvalue weighted by atomic mass is 16.4. The van der Waals surface area contributed by atoms with Crippen LogP contribution in [0.4, 0.5) is 0 Å². The van der Waals surface area contributed by atoms with Crippen LogP contribution in [0, 0.1) is 5.92 Å². The third kappa shape index (κ3) is 3.85. The lowest BCUT2D eigenvalue weighted by atomic mass is 10.2. The Balaban J connectivity index is 2.68. The molecule has 0 spiro atoms. The van der Waals surface area contributed by atoms with Crippen molar-refractivity contribution in [3.8, 4) is 0 Å². The van der Waals surface area contributed by atoms with Crippen molar-refractivity contribution < 1.29 is 9.90 Å². The molecule has 0 radical (unpaired) electrons. The molecule has 1 aromatic heterocycles. The van der Waals surface area contributed by atoms with Crippen LogP contribution < -0.4 is 5.32 Å². The number of aliphatic carboxylic acids is 1. The van der Waals surface area contributed by atoms with Crippen molar-refractivity contribution in [1.29, 1.82) is 0 Å². The average molecular weight is 239 g/mol. The molecular weight excluding hydrogens is 218 g/mol. The van der Waals surface area contributed by atoms with Crippen molar-refractivity contribution in [3.05, 3.63) is 18.2 Å². The molecule has 17 heavy (non-hydrogen) atoms. The number of imidazole rings is 1. The van der Waals surface area contributed by atoms with E-state index in [0.717, 1.165) is 12.4 Å². The zero-order chi connectivity index (χ0) is 12.8. The Kier molecular flexibility index (Phi) is 5.15. The van der Waals surface area contributed by atoms with Gasteiger partial charge in [0.25, 0.3) is 0 Å². The SMILES string of the molecule is CCC(C(=O)O)n1ccnc1CNCC(C)C. The van der Waals surface area contributed by atoms with Crippen LogP contribution in [0.2, 0.25) is 0 Å². The number of carboxylic acids is 1. The maximum atomic E-state index is 11.1. The lowest BCUT2D eigenvalue weighted by molar-refractivity contribution is -0.141. The standard InChI is InChI=1S/C12H21N3O2/c1-4-10(12(16)17)15-6-5-14-11(15)8-13-7-9(2)3/h5-6,9-10,13H,4,7-8H2,1-3H3,(H,16,17). The van der Waals surface area contributed by atoms with E-state index < -0.39 is 12.0 Å². The fourth-order valence-electron chi connectivity index (χ4n) is 1.73. The Labute approximate surface area is 102 Å². The number of carbonyl (C=O) groups is 1. The third-order valence-corrected chi connectivity index (χ3v) is 2.59.